The lowest BCUT2D eigenvalue weighted by Gasteiger charge is -2.04. The lowest BCUT2D eigenvalue weighted by molar-refractivity contribution is 0.677. The second kappa shape index (κ2) is 4.03. The fraction of sp³-hybridized carbons (Fsp3) is 0.250. The molecule has 0 amide bonds. The van der Waals surface area contributed by atoms with E-state index in [1.807, 2.05) is 6.92 Å². The van der Waals surface area contributed by atoms with Crippen LogP contribution in [0.5, 0.6) is 0 Å². The third-order valence-corrected chi connectivity index (χ3v) is 3.23. The zero-order valence-electron chi connectivity index (χ0n) is 6.93. The van der Waals surface area contributed by atoms with Gasteiger partial charge in [0.1, 0.15) is 11.0 Å². The Balaban J connectivity index is 3.16. The zero-order valence-corrected chi connectivity index (χ0v) is 8.50. The topological polar surface area (TPSA) is 29.1 Å². The monoisotopic (exact) mass is 203 g/mol. The molecule has 4 heteroatoms. The van der Waals surface area contributed by atoms with Gasteiger partial charge in [-0.25, -0.2) is 8.93 Å². The standard InChI is InChI=1S/C8H10ClNOS/c1-6-7(9)4-3-5-8(6)12(11)10-2/h3-5,10H,1-2H3. The van der Waals surface area contributed by atoms with E-state index in [1.54, 1.807) is 25.2 Å². The van der Waals surface area contributed by atoms with Gasteiger partial charge in [0, 0.05) is 5.02 Å². The minimum atomic E-state index is -1.15. The molecule has 2 nitrogen and oxygen atoms in total. The fourth-order valence-electron chi connectivity index (χ4n) is 0.898. The van der Waals surface area contributed by atoms with E-state index in [4.69, 9.17) is 11.6 Å². The van der Waals surface area contributed by atoms with Gasteiger partial charge in [-0.2, -0.15) is 0 Å². The highest BCUT2D eigenvalue weighted by molar-refractivity contribution is 7.83. The number of hydrogen-bond donors (Lipinski definition) is 1. The Hall–Kier alpha value is -0.380. The summed E-state index contributed by atoms with van der Waals surface area (Å²) in [5.74, 6) is 0. The summed E-state index contributed by atoms with van der Waals surface area (Å²) in [5, 5.41) is 0.649. The van der Waals surface area contributed by atoms with Crippen molar-refractivity contribution in [3.63, 3.8) is 0 Å². The van der Waals surface area contributed by atoms with Crippen LogP contribution in [0.2, 0.25) is 5.02 Å². The summed E-state index contributed by atoms with van der Waals surface area (Å²) in [6, 6.07) is 5.38. The molecule has 12 heavy (non-hydrogen) atoms. The van der Waals surface area contributed by atoms with Crippen LogP contribution in [-0.4, -0.2) is 11.3 Å². The number of rotatable bonds is 2. The maximum atomic E-state index is 11.3. The van der Waals surface area contributed by atoms with Gasteiger partial charge in [0.2, 0.25) is 0 Å². The molecule has 0 aromatic heterocycles. The predicted molar refractivity (Wildman–Crippen MR) is 51.7 cm³/mol. The molecule has 1 unspecified atom stereocenters. The Labute approximate surface area is 79.5 Å². The normalized spacial score (nSPS) is 12.9. The highest BCUT2D eigenvalue weighted by Gasteiger charge is 2.06. The van der Waals surface area contributed by atoms with E-state index in [0.29, 0.717) is 5.02 Å². The van der Waals surface area contributed by atoms with Gasteiger partial charge >= 0.3 is 0 Å². The van der Waals surface area contributed by atoms with Gasteiger partial charge in [-0.3, -0.25) is 0 Å². The number of nitrogens with one attached hydrogen (secondary N) is 1. The first-order valence-electron chi connectivity index (χ1n) is 3.51. The van der Waals surface area contributed by atoms with Gasteiger partial charge in [0.25, 0.3) is 0 Å². The first-order chi connectivity index (χ1) is 5.66. The van der Waals surface area contributed by atoms with Gasteiger partial charge in [0.15, 0.2) is 0 Å². The zero-order chi connectivity index (χ0) is 9.14. The molecule has 0 saturated heterocycles. The van der Waals surface area contributed by atoms with E-state index >= 15 is 0 Å². The highest BCUT2D eigenvalue weighted by atomic mass is 35.5. The maximum absolute atomic E-state index is 11.3. The quantitative estimate of drug-likeness (QED) is 0.782. The third-order valence-electron chi connectivity index (χ3n) is 1.60. The van der Waals surface area contributed by atoms with Crippen molar-refractivity contribution in [2.24, 2.45) is 0 Å². The van der Waals surface area contributed by atoms with Crippen LogP contribution in [0.1, 0.15) is 5.56 Å². The second-order valence-electron chi connectivity index (χ2n) is 2.34. The molecule has 0 aliphatic carbocycles. The number of halogens is 1. The molecule has 1 atom stereocenters. The molecule has 1 N–H and O–H groups in total. The Kier molecular flexibility index (Phi) is 3.26. The highest BCUT2D eigenvalue weighted by Crippen LogP contribution is 2.20. The Morgan fingerprint density at radius 3 is 2.75 bits per heavy atom. The Morgan fingerprint density at radius 2 is 2.17 bits per heavy atom. The van der Waals surface area contributed by atoms with Crippen LogP contribution in [0.15, 0.2) is 23.1 Å². The molecule has 0 bridgehead atoms. The van der Waals surface area contributed by atoms with Gasteiger partial charge < -0.3 is 0 Å². The van der Waals surface area contributed by atoms with E-state index in [2.05, 4.69) is 4.72 Å². The Bertz CT molecular complexity index is 314. The molecule has 0 radical (unpaired) electrons. The summed E-state index contributed by atoms with van der Waals surface area (Å²) in [5.41, 5.74) is 0.867. The molecule has 0 aliphatic heterocycles. The molecule has 1 rings (SSSR count). The van der Waals surface area contributed by atoms with E-state index in [9.17, 15) is 4.21 Å². The van der Waals surface area contributed by atoms with E-state index in [-0.39, 0.29) is 0 Å². The van der Waals surface area contributed by atoms with Crippen molar-refractivity contribution in [3.8, 4) is 0 Å². The summed E-state index contributed by atoms with van der Waals surface area (Å²) >= 11 is 5.85. The molecule has 0 spiro atoms. The van der Waals surface area contributed by atoms with Crippen LogP contribution in [0.4, 0.5) is 0 Å². The third kappa shape index (κ3) is 1.86. The average molecular weight is 204 g/mol. The van der Waals surface area contributed by atoms with Crippen molar-refractivity contribution >= 4 is 22.6 Å². The van der Waals surface area contributed by atoms with Crippen molar-refractivity contribution in [2.75, 3.05) is 7.05 Å². The van der Waals surface area contributed by atoms with Crippen LogP contribution in [0.25, 0.3) is 0 Å². The SMILES string of the molecule is CNS(=O)c1cccc(Cl)c1C. The minimum absolute atomic E-state index is 0.649. The molecule has 0 saturated carbocycles. The molecule has 66 valence electrons. The summed E-state index contributed by atoms with van der Waals surface area (Å²) in [6.07, 6.45) is 0. The predicted octanol–water partition coefficient (Wildman–Crippen LogP) is 1.89. The average Bonchev–Trinajstić information content (AvgIpc) is 2.08. The van der Waals surface area contributed by atoms with Gasteiger partial charge in [-0.15, -0.1) is 0 Å². The maximum Gasteiger partial charge on any atom is 0.124 e. The smallest absolute Gasteiger partial charge is 0.124 e. The lowest BCUT2D eigenvalue weighted by Crippen LogP contribution is -2.11. The summed E-state index contributed by atoms with van der Waals surface area (Å²) < 4.78 is 14.0. The van der Waals surface area contributed by atoms with Crippen molar-refractivity contribution in [2.45, 2.75) is 11.8 Å². The molecular formula is C8H10ClNOS. The van der Waals surface area contributed by atoms with E-state index in [0.717, 1.165) is 10.5 Å². The lowest BCUT2D eigenvalue weighted by atomic mass is 10.2. The molecule has 1 aromatic rings. The number of benzene rings is 1. The van der Waals surface area contributed by atoms with E-state index < -0.39 is 11.0 Å². The van der Waals surface area contributed by atoms with Crippen LogP contribution in [0, 0.1) is 6.92 Å². The largest absolute Gasteiger partial charge is 0.238 e. The fourth-order valence-corrected chi connectivity index (χ4v) is 1.94. The Morgan fingerprint density at radius 1 is 1.50 bits per heavy atom. The minimum Gasteiger partial charge on any atom is -0.238 e. The van der Waals surface area contributed by atoms with E-state index in [1.165, 1.54) is 0 Å². The molecule has 0 aliphatic rings. The van der Waals surface area contributed by atoms with Crippen LogP contribution >= 0.6 is 11.6 Å². The second-order valence-corrected chi connectivity index (χ2v) is 4.13. The van der Waals surface area contributed by atoms with Crippen LogP contribution in [-0.2, 0) is 11.0 Å². The number of hydrogen-bond acceptors (Lipinski definition) is 1. The summed E-state index contributed by atoms with van der Waals surface area (Å²) in [6.45, 7) is 1.85. The van der Waals surface area contributed by atoms with Crippen LogP contribution < -0.4 is 4.72 Å². The first kappa shape index (κ1) is 9.71. The summed E-state index contributed by atoms with van der Waals surface area (Å²) in [4.78, 5) is 0.741. The first-order valence-corrected chi connectivity index (χ1v) is 5.04. The molecular weight excluding hydrogens is 194 g/mol. The molecule has 0 fully saturated rings. The molecule has 0 heterocycles. The molecule has 1 aromatic carbocycles. The van der Waals surface area contributed by atoms with Crippen LogP contribution in [0.3, 0.4) is 0 Å². The van der Waals surface area contributed by atoms with Crippen molar-refractivity contribution in [1.82, 2.24) is 4.72 Å². The van der Waals surface area contributed by atoms with Gasteiger partial charge in [-0.1, -0.05) is 17.7 Å². The van der Waals surface area contributed by atoms with Gasteiger partial charge in [0.05, 0.1) is 4.90 Å². The van der Waals surface area contributed by atoms with Crippen molar-refractivity contribution in [3.05, 3.63) is 28.8 Å². The van der Waals surface area contributed by atoms with Gasteiger partial charge in [-0.05, 0) is 31.7 Å². The van der Waals surface area contributed by atoms with Crippen molar-refractivity contribution in [1.29, 1.82) is 0 Å². The van der Waals surface area contributed by atoms with Crippen molar-refractivity contribution < 1.29 is 4.21 Å². The summed E-state index contributed by atoms with van der Waals surface area (Å²) in [7, 11) is 0.503.